The summed E-state index contributed by atoms with van der Waals surface area (Å²) >= 11 is 0. The molecule has 1 aliphatic heterocycles. The number of carbonyl (C=O) groups is 6. The second kappa shape index (κ2) is 15.3. The van der Waals surface area contributed by atoms with Crippen LogP contribution in [-0.2, 0) is 28.7 Å². The molecule has 0 saturated carbocycles. The van der Waals surface area contributed by atoms with Crippen LogP contribution in [0, 0.1) is 10.8 Å². The fourth-order valence-corrected chi connectivity index (χ4v) is 4.25. The maximum atomic E-state index is 13.8. The number of ketones is 1. The van der Waals surface area contributed by atoms with Crippen LogP contribution in [0.4, 0.5) is 4.79 Å². The summed E-state index contributed by atoms with van der Waals surface area (Å²) in [6, 6.07) is -4.76. The SMILES string of the molecule is C=CCNC(=O)C(=O)C(C)NC(=O)[C@@H]1CCCN1C(=O)C(NC(=O)N[C@H](C(=O)OCC=C)C(C)(C)CC)C(C)(C)C. The lowest BCUT2D eigenvalue weighted by molar-refractivity contribution is -0.147. The van der Waals surface area contributed by atoms with Gasteiger partial charge in [-0.3, -0.25) is 19.2 Å². The average Bonchev–Trinajstić information content (AvgIpc) is 3.40. The topological polar surface area (TPSA) is 163 Å². The summed E-state index contributed by atoms with van der Waals surface area (Å²) in [5, 5.41) is 10.3. The van der Waals surface area contributed by atoms with Crippen LogP contribution in [0.3, 0.4) is 0 Å². The maximum Gasteiger partial charge on any atom is 0.329 e. The number of hydrogen-bond donors (Lipinski definition) is 4. The largest absolute Gasteiger partial charge is 0.460 e. The highest BCUT2D eigenvalue weighted by Gasteiger charge is 2.43. The summed E-state index contributed by atoms with van der Waals surface area (Å²) in [6.07, 6.45) is 4.31. The van der Waals surface area contributed by atoms with Crippen molar-refractivity contribution in [1.29, 1.82) is 0 Å². The predicted octanol–water partition coefficient (Wildman–Crippen LogP) is 1.60. The van der Waals surface area contributed by atoms with E-state index in [9.17, 15) is 28.8 Å². The Balaban J connectivity index is 3.07. The first-order chi connectivity index (χ1) is 19.0. The molecule has 1 aliphatic rings. The fourth-order valence-electron chi connectivity index (χ4n) is 4.25. The highest BCUT2D eigenvalue weighted by Crippen LogP contribution is 2.28. The van der Waals surface area contributed by atoms with E-state index in [1.807, 2.05) is 20.8 Å². The number of nitrogens with one attached hydrogen (secondary N) is 4. The molecule has 12 heteroatoms. The van der Waals surface area contributed by atoms with E-state index in [0.717, 1.165) is 0 Å². The molecule has 12 nitrogen and oxygen atoms in total. The third-order valence-corrected chi connectivity index (χ3v) is 7.16. The van der Waals surface area contributed by atoms with Crippen molar-refractivity contribution in [1.82, 2.24) is 26.2 Å². The average molecular weight is 578 g/mol. The number of Topliss-reactive ketones (excluding diaryl/α,β-unsaturated/α-hetero) is 1. The molecule has 4 atom stereocenters. The zero-order chi connectivity index (χ0) is 31.5. The lowest BCUT2D eigenvalue weighted by Crippen LogP contribution is -2.62. The molecule has 1 saturated heterocycles. The number of esters is 1. The Labute approximate surface area is 243 Å². The quantitative estimate of drug-likeness (QED) is 0.138. The second-order valence-electron chi connectivity index (χ2n) is 11.9. The lowest BCUT2D eigenvalue weighted by atomic mass is 9.81. The van der Waals surface area contributed by atoms with E-state index in [4.69, 9.17) is 4.74 Å². The van der Waals surface area contributed by atoms with Gasteiger partial charge in [-0.05, 0) is 37.0 Å². The zero-order valence-electron chi connectivity index (χ0n) is 25.4. The van der Waals surface area contributed by atoms with Crippen LogP contribution in [0.25, 0.3) is 0 Å². The van der Waals surface area contributed by atoms with Crippen LogP contribution in [-0.4, -0.2) is 84.3 Å². The van der Waals surface area contributed by atoms with Gasteiger partial charge in [-0.15, -0.1) is 6.58 Å². The molecule has 1 fully saturated rings. The van der Waals surface area contributed by atoms with Crippen molar-refractivity contribution < 1.29 is 33.5 Å². The van der Waals surface area contributed by atoms with Gasteiger partial charge in [0, 0.05) is 13.1 Å². The van der Waals surface area contributed by atoms with Crippen molar-refractivity contribution in [2.24, 2.45) is 10.8 Å². The number of hydrogen-bond acceptors (Lipinski definition) is 7. The number of urea groups is 1. The summed E-state index contributed by atoms with van der Waals surface area (Å²) in [5.74, 6) is -3.34. The Bertz CT molecular complexity index is 1020. The van der Waals surface area contributed by atoms with Gasteiger partial charge in [0.25, 0.3) is 5.91 Å². The van der Waals surface area contributed by atoms with Crippen molar-refractivity contribution in [3.05, 3.63) is 25.3 Å². The highest BCUT2D eigenvalue weighted by atomic mass is 16.5. The summed E-state index contributed by atoms with van der Waals surface area (Å²) < 4.78 is 5.19. The van der Waals surface area contributed by atoms with E-state index in [-0.39, 0.29) is 19.7 Å². The molecule has 0 aromatic rings. The molecule has 1 heterocycles. The van der Waals surface area contributed by atoms with E-state index in [1.165, 1.54) is 24.0 Å². The third kappa shape index (κ3) is 10.0. The highest BCUT2D eigenvalue weighted by molar-refractivity contribution is 6.38. The van der Waals surface area contributed by atoms with Gasteiger partial charge in [0.15, 0.2) is 0 Å². The molecule has 41 heavy (non-hydrogen) atoms. The maximum absolute atomic E-state index is 13.8. The van der Waals surface area contributed by atoms with Gasteiger partial charge in [0.1, 0.15) is 24.7 Å². The molecule has 0 radical (unpaired) electrons. The van der Waals surface area contributed by atoms with E-state index >= 15 is 0 Å². The van der Waals surface area contributed by atoms with E-state index in [0.29, 0.717) is 19.3 Å². The Morgan fingerprint density at radius 2 is 1.59 bits per heavy atom. The first-order valence-corrected chi connectivity index (χ1v) is 13.9. The van der Waals surface area contributed by atoms with Crippen molar-refractivity contribution in [3.63, 3.8) is 0 Å². The van der Waals surface area contributed by atoms with Gasteiger partial charge >= 0.3 is 12.0 Å². The second-order valence-corrected chi connectivity index (χ2v) is 11.9. The number of rotatable bonds is 14. The Hall–Kier alpha value is -3.70. The fraction of sp³-hybridized carbons (Fsp3) is 0.655. The predicted molar refractivity (Wildman–Crippen MR) is 154 cm³/mol. The molecule has 1 rings (SSSR count). The summed E-state index contributed by atoms with van der Waals surface area (Å²) in [7, 11) is 0. The Morgan fingerprint density at radius 1 is 0.976 bits per heavy atom. The van der Waals surface area contributed by atoms with Gasteiger partial charge in [-0.25, -0.2) is 9.59 Å². The van der Waals surface area contributed by atoms with E-state index in [2.05, 4.69) is 34.4 Å². The third-order valence-electron chi connectivity index (χ3n) is 7.16. The summed E-state index contributed by atoms with van der Waals surface area (Å²) in [5.41, 5.74) is -1.41. The van der Waals surface area contributed by atoms with Crippen LogP contribution in [0.1, 0.15) is 67.7 Å². The smallest absolute Gasteiger partial charge is 0.329 e. The van der Waals surface area contributed by atoms with Crippen LogP contribution in [0.5, 0.6) is 0 Å². The van der Waals surface area contributed by atoms with Crippen molar-refractivity contribution in [3.8, 4) is 0 Å². The minimum absolute atomic E-state index is 0.0103. The number of carbonyl (C=O) groups excluding carboxylic acids is 6. The van der Waals surface area contributed by atoms with Gasteiger partial charge < -0.3 is 30.9 Å². The molecule has 5 amide bonds. The number of nitrogens with zero attached hydrogens (tertiary/aromatic N) is 1. The minimum Gasteiger partial charge on any atom is -0.460 e. The molecular weight excluding hydrogens is 530 g/mol. The molecule has 0 spiro atoms. The molecular formula is C29H47N5O7. The van der Waals surface area contributed by atoms with Crippen LogP contribution >= 0.6 is 0 Å². The summed E-state index contributed by atoms with van der Waals surface area (Å²) in [6.45, 7) is 19.6. The first kappa shape index (κ1) is 35.3. The molecule has 0 aliphatic carbocycles. The lowest BCUT2D eigenvalue weighted by Gasteiger charge is -2.37. The molecule has 0 aromatic carbocycles. The first-order valence-electron chi connectivity index (χ1n) is 13.9. The minimum atomic E-state index is -1.10. The normalized spacial score (nSPS) is 17.3. The van der Waals surface area contributed by atoms with Gasteiger partial charge in [-0.2, -0.15) is 0 Å². The van der Waals surface area contributed by atoms with Crippen molar-refractivity contribution in [2.75, 3.05) is 19.7 Å². The van der Waals surface area contributed by atoms with E-state index < -0.39 is 70.5 Å². The molecule has 0 aromatic heterocycles. The Morgan fingerprint density at radius 3 is 2.12 bits per heavy atom. The molecule has 2 unspecified atom stereocenters. The number of amides is 5. The molecule has 4 N–H and O–H groups in total. The van der Waals surface area contributed by atoms with Crippen LogP contribution in [0.2, 0.25) is 0 Å². The standard InChI is InChI=1S/C29H47N5O7/c1-10-15-30-24(37)20(35)18(4)31-23(36)19-14-13-16-34(19)25(38)21(28(5,6)7)32-27(40)33-22(29(8,9)12-3)26(39)41-17-11-2/h10-11,18-19,21-22H,1-2,12-17H2,3-9H3,(H,30,37)(H,31,36)(H2,32,33,40)/t18?,19-,21?,22+/m0/s1. The number of likely N-dealkylation sites (tertiary alicyclic amines) is 1. The Kier molecular flexibility index (Phi) is 13.2. The number of ether oxygens (including phenoxy) is 1. The molecule has 230 valence electrons. The molecule has 0 bridgehead atoms. The van der Waals surface area contributed by atoms with Gasteiger partial charge in [0.2, 0.25) is 17.6 Å². The zero-order valence-corrected chi connectivity index (χ0v) is 25.4. The monoisotopic (exact) mass is 577 g/mol. The van der Waals surface area contributed by atoms with Crippen molar-refractivity contribution >= 4 is 35.5 Å². The summed E-state index contributed by atoms with van der Waals surface area (Å²) in [4.78, 5) is 78.4. The van der Waals surface area contributed by atoms with Gasteiger partial charge in [-0.1, -0.05) is 60.3 Å². The van der Waals surface area contributed by atoms with Crippen molar-refractivity contribution in [2.45, 2.75) is 91.9 Å². The van der Waals surface area contributed by atoms with Crippen LogP contribution < -0.4 is 21.3 Å². The van der Waals surface area contributed by atoms with Crippen LogP contribution in [0.15, 0.2) is 25.3 Å². The van der Waals surface area contributed by atoms with E-state index in [1.54, 1.807) is 20.8 Å². The van der Waals surface area contributed by atoms with Gasteiger partial charge in [0.05, 0.1) is 6.04 Å².